The first-order valence-electron chi connectivity index (χ1n) is 6.86. The fourth-order valence-corrected chi connectivity index (χ4v) is 2.14. The maximum absolute atomic E-state index is 11.7. The highest BCUT2D eigenvalue weighted by molar-refractivity contribution is 5.96. The Kier molecular flexibility index (Phi) is 4.92. The average molecular weight is 290 g/mol. The minimum absolute atomic E-state index is 0.0175. The molecular weight excluding hydrogens is 272 g/mol. The normalized spacial score (nSPS) is 15.5. The van der Waals surface area contributed by atoms with E-state index < -0.39 is 24.5 Å². The molecule has 1 aliphatic rings. The number of carbonyl (C=O) groups is 3. The number of ether oxygens (including phenoxy) is 1. The van der Waals surface area contributed by atoms with Crippen LogP contribution in [0.5, 0.6) is 0 Å². The third kappa shape index (κ3) is 4.05. The van der Waals surface area contributed by atoms with Crippen LogP contribution in [0.25, 0.3) is 0 Å². The Labute approximate surface area is 123 Å². The van der Waals surface area contributed by atoms with Gasteiger partial charge in [-0.2, -0.15) is 0 Å². The third-order valence-corrected chi connectivity index (χ3v) is 3.36. The summed E-state index contributed by atoms with van der Waals surface area (Å²) in [6.45, 7) is 2.28. The van der Waals surface area contributed by atoms with E-state index in [1.807, 2.05) is 37.3 Å². The van der Waals surface area contributed by atoms with Gasteiger partial charge in [-0.05, 0) is 11.5 Å². The van der Waals surface area contributed by atoms with Crippen molar-refractivity contribution in [1.29, 1.82) is 0 Å². The van der Waals surface area contributed by atoms with Gasteiger partial charge in [-0.1, -0.05) is 37.3 Å². The van der Waals surface area contributed by atoms with Gasteiger partial charge in [0.25, 0.3) is 5.91 Å². The summed E-state index contributed by atoms with van der Waals surface area (Å²) in [6, 6.07) is 9.18. The van der Waals surface area contributed by atoms with E-state index in [2.05, 4.69) is 5.32 Å². The van der Waals surface area contributed by atoms with E-state index in [0.717, 1.165) is 10.5 Å². The molecule has 6 heteroatoms. The van der Waals surface area contributed by atoms with Crippen molar-refractivity contribution in [2.75, 3.05) is 19.7 Å². The van der Waals surface area contributed by atoms with Crippen LogP contribution in [0.2, 0.25) is 0 Å². The monoisotopic (exact) mass is 290 g/mol. The Hall–Kier alpha value is -2.37. The number of carbonyl (C=O) groups excluding carboxylic acids is 3. The lowest BCUT2D eigenvalue weighted by Crippen LogP contribution is -2.37. The van der Waals surface area contributed by atoms with E-state index in [4.69, 9.17) is 4.74 Å². The fraction of sp³-hybridized carbons (Fsp3) is 0.400. The van der Waals surface area contributed by atoms with E-state index >= 15 is 0 Å². The molecule has 1 heterocycles. The van der Waals surface area contributed by atoms with Gasteiger partial charge in [0.05, 0.1) is 6.42 Å². The van der Waals surface area contributed by atoms with E-state index in [9.17, 15) is 14.4 Å². The van der Waals surface area contributed by atoms with Gasteiger partial charge in [0, 0.05) is 13.1 Å². The van der Waals surface area contributed by atoms with Crippen LogP contribution in [-0.4, -0.2) is 42.5 Å². The number of hydrogen-bond acceptors (Lipinski definition) is 4. The molecule has 1 aromatic rings. The summed E-state index contributed by atoms with van der Waals surface area (Å²) < 4.78 is 4.95. The maximum atomic E-state index is 11.7. The second-order valence-electron chi connectivity index (χ2n) is 4.95. The molecule has 0 aromatic heterocycles. The first-order chi connectivity index (χ1) is 10.1. The molecule has 1 atom stereocenters. The van der Waals surface area contributed by atoms with Crippen molar-refractivity contribution in [3.8, 4) is 0 Å². The molecule has 0 radical (unpaired) electrons. The van der Waals surface area contributed by atoms with Crippen LogP contribution in [0.1, 0.15) is 24.8 Å². The first kappa shape index (κ1) is 15.0. The molecule has 1 aliphatic heterocycles. The second kappa shape index (κ2) is 6.88. The maximum Gasteiger partial charge on any atom is 0.324 e. The molecule has 1 aromatic carbocycles. The molecule has 0 bridgehead atoms. The summed E-state index contributed by atoms with van der Waals surface area (Å²) in [5.41, 5.74) is 1.04. The van der Waals surface area contributed by atoms with Gasteiger partial charge in [-0.25, -0.2) is 4.79 Å². The lowest BCUT2D eigenvalue weighted by molar-refractivity contribution is -0.151. The molecule has 1 fully saturated rings. The van der Waals surface area contributed by atoms with Gasteiger partial charge in [0.1, 0.15) is 0 Å². The number of esters is 1. The van der Waals surface area contributed by atoms with Gasteiger partial charge >= 0.3 is 12.0 Å². The standard InChI is InChI=1S/C15H18N2O4/c1-11(12-5-3-2-4-6-12)9-14(19)21-10-13(18)17-8-7-16-15(17)20/h2-6,11H,7-10H2,1H3,(H,16,20)/t11-/m1/s1. The molecule has 112 valence electrons. The number of benzene rings is 1. The van der Waals surface area contributed by atoms with Crippen molar-refractivity contribution in [3.63, 3.8) is 0 Å². The van der Waals surface area contributed by atoms with Crippen LogP contribution >= 0.6 is 0 Å². The molecule has 1 saturated heterocycles. The van der Waals surface area contributed by atoms with Gasteiger partial charge < -0.3 is 10.1 Å². The summed E-state index contributed by atoms with van der Waals surface area (Å²) in [4.78, 5) is 35.8. The molecule has 0 spiro atoms. The zero-order chi connectivity index (χ0) is 15.2. The van der Waals surface area contributed by atoms with Crippen molar-refractivity contribution in [2.24, 2.45) is 0 Å². The van der Waals surface area contributed by atoms with Crippen LogP contribution in [-0.2, 0) is 14.3 Å². The van der Waals surface area contributed by atoms with E-state index in [-0.39, 0.29) is 12.3 Å². The quantitative estimate of drug-likeness (QED) is 0.829. The highest BCUT2D eigenvalue weighted by Crippen LogP contribution is 2.18. The molecule has 0 aliphatic carbocycles. The topological polar surface area (TPSA) is 75.7 Å². The largest absolute Gasteiger partial charge is 0.456 e. The van der Waals surface area contributed by atoms with Gasteiger partial charge in [-0.15, -0.1) is 0 Å². The van der Waals surface area contributed by atoms with Crippen molar-refractivity contribution in [1.82, 2.24) is 10.2 Å². The van der Waals surface area contributed by atoms with Crippen LogP contribution in [0.15, 0.2) is 30.3 Å². The Balaban J connectivity index is 1.77. The number of rotatable bonds is 5. The Bertz CT molecular complexity index is 530. The highest BCUT2D eigenvalue weighted by Gasteiger charge is 2.26. The van der Waals surface area contributed by atoms with Crippen molar-refractivity contribution in [3.05, 3.63) is 35.9 Å². The zero-order valence-electron chi connectivity index (χ0n) is 11.9. The average Bonchev–Trinajstić information content (AvgIpc) is 2.92. The van der Waals surface area contributed by atoms with Crippen LogP contribution in [0, 0.1) is 0 Å². The fourth-order valence-electron chi connectivity index (χ4n) is 2.14. The van der Waals surface area contributed by atoms with E-state index in [1.165, 1.54) is 0 Å². The van der Waals surface area contributed by atoms with Crippen LogP contribution in [0.3, 0.4) is 0 Å². The molecular formula is C15H18N2O4. The SMILES string of the molecule is C[C@H](CC(=O)OCC(=O)N1CCNC1=O)c1ccccc1. The lowest BCUT2D eigenvalue weighted by Gasteiger charge is -2.14. The summed E-state index contributed by atoms with van der Waals surface area (Å²) in [7, 11) is 0. The predicted octanol–water partition coefficient (Wildman–Crippen LogP) is 1.28. The minimum atomic E-state index is -0.495. The summed E-state index contributed by atoms with van der Waals surface area (Å²) in [5, 5.41) is 2.52. The summed E-state index contributed by atoms with van der Waals surface area (Å²) >= 11 is 0. The van der Waals surface area contributed by atoms with Crippen molar-refractivity contribution < 1.29 is 19.1 Å². The number of nitrogens with one attached hydrogen (secondary N) is 1. The minimum Gasteiger partial charge on any atom is -0.456 e. The summed E-state index contributed by atoms with van der Waals surface area (Å²) in [5.74, 6) is -0.922. The van der Waals surface area contributed by atoms with Gasteiger partial charge in [0.15, 0.2) is 6.61 Å². The molecule has 21 heavy (non-hydrogen) atoms. The molecule has 0 unspecified atom stereocenters. The first-order valence-corrected chi connectivity index (χ1v) is 6.86. The van der Waals surface area contributed by atoms with Crippen LogP contribution < -0.4 is 5.32 Å². The highest BCUT2D eigenvalue weighted by atomic mass is 16.5. The summed E-state index contributed by atoms with van der Waals surface area (Å²) in [6.07, 6.45) is 0.198. The number of imide groups is 1. The van der Waals surface area contributed by atoms with Crippen molar-refractivity contribution >= 4 is 17.9 Å². The predicted molar refractivity (Wildman–Crippen MR) is 75.5 cm³/mol. The molecule has 2 rings (SSSR count). The molecule has 1 N–H and O–H groups in total. The molecule has 0 saturated carbocycles. The number of nitrogens with zero attached hydrogens (tertiary/aromatic N) is 1. The number of amides is 3. The smallest absolute Gasteiger partial charge is 0.324 e. The number of urea groups is 1. The third-order valence-electron chi connectivity index (χ3n) is 3.36. The lowest BCUT2D eigenvalue weighted by atomic mass is 9.98. The Morgan fingerprint density at radius 2 is 2.05 bits per heavy atom. The zero-order valence-corrected chi connectivity index (χ0v) is 11.9. The van der Waals surface area contributed by atoms with Crippen LogP contribution in [0.4, 0.5) is 4.79 Å². The van der Waals surface area contributed by atoms with E-state index in [1.54, 1.807) is 0 Å². The van der Waals surface area contributed by atoms with Gasteiger partial charge in [-0.3, -0.25) is 14.5 Å². The molecule has 6 nitrogen and oxygen atoms in total. The van der Waals surface area contributed by atoms with Crippen molar-refractivity contribution in [2.45, 2.75) is 19.3 Å². The Morgan fingerprint density at radius 1 is 1.33 bits per heavy atom. The van der Waals surface area contributed by atoms with Gasteiger partial charge in [0.2, 0.25) is 0 Å². The molecule has 3 amide bonds. The van der Waals surface area contributed by atoms with E-state index in [0.29, 0.717) is 13.1 Å². The number of hydrogen-bond donors (Lipinski definition) is 1. The Morgan fingerprint density at radius 3 is 2.67 bits per heavy atom. The second-order valence-corrected chi connectivity index (χ2v) is 4.95.